The second-order valence-corrected chi connectivity index (χ2v) is 7.12. The van der Waals surface area contributed by atoms with Gasteiger partial charge in [-0.3, -0.25) is 0 Å². The van der Waals surface area contributed by atoms with Gasteiger partial charge in [-0.25, -0.2) is 0 Å². The van der Waals surface area contributed by atoms with E-state index < -0.39 is 0 Å². The lowest BCUT2D eigenvalue weighted by Crippen LogP contribution is -2.22. The molecule has 2 rings (SSSR count). The van der Waals surface area contributed by atoms with Crippen LogP contribution in [0.3, 0.4) is 0 Å². The van der Waals surface area contributed by atoms with E-state index in [1.165, 1.54) is 10.6 Å². The first-order valence-corrected chi connectivity index (χ1v) is 8.28. The van der Waals surface area contributed by atoms with E-state index in [0.717, 1.165) is 12.8 Å². The third-order valence-corrected chi connectivity index (χ3v) is 6.43. The number of benzene rings is 2. The Morgan fingerprint density at radius 1 is 0.895 bits per heavy atom. The van der Waals surface area contributed by atoms with Crippen LogP contribution in [0.1, 0.15) is 19.8 Å². The van der Waals surface area contributed by atoms with Crippen LogP contribution in [-0.4, -0.2) is 17.4 Å². The van der Waals surface area contributed by atoms with Gasteiger partial charge in [-0.1, -0.05) is 67.6 Å². The van der Waals surface area contributed by atoms with Crippen LogP contribution in [0.25, 0.3) is 0 Å². The predicted octanol–water partition coefficient (Wildman–Crippen LogP) is 3.28. The molecule has 1 nitrogen and oxygen atoms in total. The highest BCUT2D eigenvalue weighted by Crippen LogP contribution is 2.42. The van der Waals surface area contributed by atoms with Crippen LogP contribution < -0.4 is 10.6 Å². The largest absolute Gasteiger partial charge is 0.396 e. The highest BCUT2D eigenvalue weighted by atomic mass is 31.1. The van der Waals surface area contributed by atoms with E-state index in [2.05, 4.69) is 67.6 Å². The van der Waals surface area contributed by atoms with Crippen molar-refractivity contribution in [2.24, 2.45) is 0 Å². The first-order chi connectivity index (χ1) is 9.36. The van der Waals surface area contributed by atoms with Crippen molar-refractivity contribution in [3.05, 3.63) is 60.7 Å². The minimum Gasteiger partial charge on any atom is -0.396 e. The van der Waals surface area contributed by atoms with Crippen LogP contribution in [0.5, 0.6) is 0 Å². The fourth-order valence-electron chi connectivity index (χ4n) is 2.41. The monoisotopic (exact) mass is 272 g/mol. The zero-order chi connectivity index (χ0) is 13.5. The Morgan fingerprint density at radius 3 is 1.74 bits per heavy atom. The van der Waals surface area contributed by atoms with Gasteiger partial charge in [-0.05, 0) is 37.0 Å². The molecular formula is C17H21OP. The van der Waals surface area contributed by atoms with Gasteiger partial charge in [0.2, 0.25) is 0 Å². The molecule has 1 atom stereocenters. The van der Waals surface area contributed by atoms with Gasteiger partial charge < -0.3 is 5.11 Å². The summed E-state index contributed by atoms with van der Waals surface area (Å²) in [5, 5.41) is 12.1. The zero-order valence-electron chi connectivity index (χ0n) is 11.4. The molecule has 0 bridgehead atoms. The normalized spacial score (nSPS) is 12.6. The highest BCUT2D eigenvalue weighted by molar-refractivity contribution is 7.73. The predicted molar refractivity (Wildman–Crippen MR) is 84.9 cm³/mol. The Morgan fingerprint density at radius 2 is 1.37 bits per heavy atom. The van der Waals surface area contributed by atoms with Gasteiger partial charge in [-0.15, -0.1) is 0 Å². The number of aliphatic hydroxyl groups is 1. The van der Waals surface area contributed by atoms with Crippen LogP contribution in [0.15, 0.2) is 60.7 Å². The van der Waals surface area contributed by atoms with Crippen molar-refractivity contribution in [3.63, 3.8) is 0 Å². The molecule has 100 valence electrons. The average molecular weight is 272 g/mol. The van der Waals surface area contributed by atoms with Gasteiger partial charge in [-0.2, -0.15) is 0 Å². The minimum atomic E-state index is -0.380. The van der Waals surface area contributed by atoms with Crippen LogP contribution in [-0.2, 0) is 0 Å². The van der Waals surface area contributed by atoms with Crippen LogP contribution in [0.2, 0.25) is 0 Å². The molecule has 2 heteroatoms. The Labute approximate surface area is 117 Å². The van der Waals surface area contributed by atoms with E-state index in [1.54, 1.807) is 0 Å². The third-order valence-electron chi connectivity index (χ3n) is 3.37. The van der Waals surface area contributed by atoms with E-state index in [4.69, 9.17) is 0 Å². The van der Waals surface area contributed by atoms with Gasteiger partial charge in [0, 0.05) is 6.61 Å². The average Bonchev–Trinajstić information content (AvgIpc) is 2.49. The lowest BCUT2D eigenvalue weighted by Gasteiger charge is -2.27. The van der Waals surface area contributed by atoms with Crippen LogP contribution in [0, 0.1) is 0 Å². The molecule has 19 heavy (non-hydrogen) atoms. The third kappa shape index (κ3) is 3.65. The summed E-state index contributed by atoms with van der Waals surface area (Å²) in [5.74, 6) is 0. The molecular weight excluding hydrogens is 251 g/mol. The molecule has 0 saturated carbocycles. The topological polar surface area (TPSA) is 20.2 Å². The Bertz CT molecular complexity index is 430. The SMILES string of the molecule is CCC(CCO)P(c1ccccc1)c1ccccc1. The fourth-order valence-corrected chi connectivity index (χ4v) is 5.28. The summed E-state index contributed by atoms with van der Waals surface area (Å²) in [5.41, 5.74) is 0.546. The van der Waals surface area contributed by atoms with E-state index in [9.17, 15) is 5.11 Å². The molecule has 0 spiro atoms. The van der Waals surface area contributed by atoms with Crippen molar-refractivity contribution in [2.45, 2.75) is 25.4 Å². The van der Waals surface area contributed by atoms with Gasteiger partial charge >= 0.3 is 0 Å². The van der Waals surface area contributed by atoms with Crippen molar-refractivity contribution in [1.82, 2.24) is 0 Å². The second-order valence-electron chi connectivity index (χ2n) is 4.62. The molecule has 0 amide bonds. The van der Waals surface area contributed by atoms with Gasteiger partial charge in [0.1, 0.15) is 0 Å². The quantitative estimate of drug-likeness (QED) is 0.800. The van der Waals surface area contributed by atoms with E-state index in [-0.39, 0.29) is 14.5 Å². The van der Waals surface area contributed by atoms with Gasteiger partial charge in [0.15, 0.2) is 0 Å². The van der Waals surface area contributed by atoms with Crippen molar-refractivity contribution < 1.29 is 5.11 Å². The first-order valence-electron chi connectivity index (χ1n) is 6.87. The zero-order valence-corrected chi connectivity index (χ0v) is 12.3. The van der Waals surface area contributed by atoms with Crippen molar-refractivity contribution in [2.75, 3.05) is 6.61 Å². The summed E-state index contributed by atoms with van der Waals surface area (Å²) in [6.45, 7) is 2.50. The molecule has 0 aromatic heterocycles. The molecule has 2 aromatic rings. The Balaban J connectivity index is 2.38. The van der Waals surface area contributed by atoms with Crippen LogP contribution >= 0.6 is 7.92 Å². The standard InChI is InChI=1S/C17H21OP/c1-2-15(13-14-18)19(16-9-5-3-6-10-16)17-11-7-4-8-12-17/h3-12,15,18H,2,13-14H2,1H3. The van der Waals surface area contributed by atoms with E-state index in [0.29, 0.717) is 5.66 Å². The van der Waals surface area contributed by atoms with Crippen molar-refractivity contribution in [1.29, 1.82) is 0 Å². The first kappa shape index (κ1) is 14.2. The lowest BCUT2D eigenvalue weighted by molar-refractivity contribution is 0.285. The molecule has 0 aliphatic heterocycles. The summed E-state index contributed by atoms with van der Waals surface area (Å²) < 4.78 is 0. The summed E-state index contributed by atoms with van der Waals surface area (Å²) in [6, 6.07) is 21.5. The fraction of sp³-hybridized carbons (Fsp3) is 0.294. The maximum absolute atomic E-state index is 9.32. The summed E-state index contributed by atoms with van der Waals surface area (Å²) in [7, 11) is -0.380. The van der Waals surface area contributed by atoms with E-state index >= 15 is 0 Å². The van der Waals surface area contributed by atoms with Gasteiger partial charge in [0.25, 0.3) is 0 Å². The Kier molecular flexibility index (Phi) is 5.57. The highest BCUT2D eigenvalue weighted by Gasteiger charge is 2.22. The second kappa shape index (κ2) is 7.43. The smallest absolute Gasteiger partial charge is 0.0437 e. The van der Waals surface area contributed by atoms with Crippen LogP contribution in [0.4, 0.5) is 0 Å². The molecule has 0 radical (unpaired) electrons. The summed E-state index contributed by atoms with van der Waals surface area (Å²) in [6.07, 6.45) is 1.99. The van der Waals surface area contributed by atoms with E-state index in [1.807, 2.05) is 0 Å². The maximum Gasteiger partial charge on any atom is 0.0437 e. The summed E-state index contributed by atoms with van der Waals surface area (Å²) >= 11 is 0. The molecule has 2 aromatic carbocycles. The van der Waals surface area contributed by atoms with Crippen molar-refractivity contribution >= 4 is 18.5 Å². The molecule has 1 unspecified atom stereocenters. The summed E-state index contributed by atoms with van der Waals surface area (Å²) in [4.78, 5) is 0. The number of hydrogen-bond acceptors (Lipinski definition) is 1. The molecule has 0 fully saturated rings. The number of aliphatic hydroxyl groups excluding tert-OH is 1. The molecule has 0 saturated heterocycles. The lowest BCUT2D eigenvalue weighted by atomic mass is 10.2. The van der Waals surface area contributed by atoms with Gasteiger partial charge in [0.05, 0.1) is 0 Å². The van der Waals surface area contributed by atoms with Crippen molar-refractivity contribution in [3.8, 4) is 0 Å². The molecule has 1 N–H and O–H groups in total. The Hall–Kier alpha value is -1.17. The molecule has 0 heterocycles. The molecule has 0 aliphatic rings. The number of rotatable bonds is 6. The maximum atomic E-state index is 9.32. The molecule has 0 aliphatic carbocycles. The minimum absolute atomic E-state index is 0.275. The number of hydrogen-bond donors (Lipinski definition) is 1.